The monoisotopic (exact) mass is 461 g/mol. The number of halogens is 2. The van der Waals surface area contributed by atoms with Crippen molar-refractivity contribution in [2.45, 2.75) is 13.0 Å². The summed E-state index contributed by atoms with van der Waals surface area (Å²) in [6.45, 7) is 2.31. The van der Waals surface area contributed by atoms with Crippen molar-refractivity contribution in [3.8, 4) is 11.5 Å². The van der Waals surface area contributed by atoms with Crippen molar-refractivity contribution >= 4 is 47.2 Å². The number of ether oxygens (including phenoxy) is 2. The minimum Gasteiger partial charge on any atom is -0.495 e. The number of hydrogen-bond acceptors (Lipinski definition) is 3. The molecule has 0 radical (unpaired) electrons. The molecule has 0 saturated heterocycles. The van der Waals surface area contributed by atoms with Gasteiger partial charge in [0.2, 0.25) is 0 Å². The van der Waals surface area contributed by atoms with Gasteiger partial charge in [-0.1, -0.05) is 35.9 Å². The number of guanidine groups is 1. The summed E-state index contributed by atoms with van der Waals surface area (Å²) in [6.07, 6.45) is -0.159. The SMILES string of the molecule is COc1ccccc1NC(N)=NCC(C)Oc1ccccc1Cl.I. The van der Waals surface area contributed by atoms with Crippen LogP contribution in [0.25, 0.3) is 0 Å². The minimum atomic E-state index is -0.159. The van der Waals surface area contributed by atoms with E-state index >= 15 is 0 Å². The molecular formula is C17H21ClIN3O2. The lowest BCUT2D eigenvalue weighted by atomic mass is 10.3. The molecule has 0 aliphatic heterocycles. The summed E-state index contributed by atoms with van der Waals surface area (Å²) in [5, 5.41) is 3.59. The summed E-state index contributed by atoms with van der Waals surface area (Å²) in [6, 6.07) is 14.8. The maximum Gasteiger partial charge on any atom is 0.193 e. The molecule has 0 bridgehead atoms. The standard InChI is InChI=1S/C17H20ClN3O2.HI/c1-12(23-15-9-5-3-7-13(15)18)11-20-17(19)21-14-8-4-6-10-16(14)22-2;/h3-10,12H,11H2,1-2H3,(H3,19,20,21);1H. The van der Waals surface area contributed by atoms with Gasteiger partial charge in [0, 0.05) is 0 Å². The van der Waals surface area contributed by atoms with E-state index < -0.39 is 0 Å². The molecule has 2 aromatic rings. The van der Waals surface area contributed by atoms with Crippen molar-refractivity contribution in [1.82, 2.24) is 0 Å². The number of hydrogen-bond donors (Lipinski definition) is 2. The second kappa shape index (κ2) is 10.2. The average Bonchev–Trinajstić information content (AvgIpc) is 2.55. The van der Waals surface area contributed by atoms with Crippen LogP contribution < -0.4 is 20.5 Å². The van der Waals surface area contributed by atoms with Crippen LogP contribution in [0.15, 0.2) is 53.5 Å². The molecule has 0 spiro atoms. The largest absolute Gasteiger partial charge is 0.495 e. The van der Waals surface area contributed by atoms with E-state index in [2.05, 4.69) is 10.3 Å². The van der Waals surface area contributed by atoms with Crippen molar-refractivity contribution in [3.63, 3.8) is 0 Å². The molecule has 1 atom stereocenters. The molecule has 1 unspecified atom stereocenters. The Morgan fingerprint density at radius 3 is 2.46 bits per heavy atom. The Bertz CT molecular complexity index is 682. The molecule has 0 fully saturated rings. The molecule has 130 valence electrons. The molecule has 0 aromatic heterocycles. The highest BCUT2D eigenvalue weighted by atomic mass is 127. The fourth-order valence-electron chi connectivity index (χ4n) is 1.95. The minimum absolute atomic E-state index is 0. The van der Waals surface area contributed by atoms with Crippen molar-refractivity contribution in [2.24, 2.45) is 10.7 Å². The lowest BCUT2D eigenvalue weighted by Gasteiger charge is -2.14. The zero-order chi connectivity index (χ0) is 16.7. The Morgan fingerprint density at radius 2 is 1.79 bits per heavy atom. The van der Waals surface area contributed by atoms with Crippen LogP contribution in [0.4, 0.5) is 5.69 Å². The zero-order valence-corrected chi connectivity index (χ0v) is 16.6. The maximum absolute atomic E-state index is 6.06. The first kappa shape index (κ1) is 20.4. The van der Waals surface area contributed by atoms with Gasteiger partial charge in [-0.25, -0.2) is 4.99 Å². The van der Waals surface area contributed by atoms with Gasteiger partial charge in [-0.15, -0.1) is 24.0 Å². The molecule has 0 aliphatic rings. The number of anilines is 1. The van der Waals surface area contributed by atoms with Gasteiger partial charge in [0.15, 0.2) is 5.96 Å². The number of aliphatic imine (C=N–C) groups is 1. The third kappa shape index (κ3) is 6.09. The first-order chi connectivity index (χ1) is 11.1. The number of nitrogens with zero attached hydrogens (tertiary/aromatic N) is 1. The highest BCUT2D eigenvalue weighted by Crippen LogP contribution is 2.24. The third-order valence-corrected chi connectivity index (χ3v) is 3.37. The van der Waals surface area contributed by atoms with Crippen LogP contribution in [0.5, 0.6) is 11.5 Å². The normalized spacial score (nSPS) is 12.0. The fourth-order valence-corrected chi connectivity index (χ4v) is 2.13. The first-order valence-electron chi connectivity index (χ1n) is 7.21. The topological polar surface area (TPSA) is 68.9 Å². The van der Waals surface area contributed by atoms with Crippen molar-refractivity contribution in [3.05, 3.63) is 53.6 Å². The van der Waals surface area contributed by atoms with Gasteiger partial charge < -0.3 is 20.5 Å². The van der Waals surface area contributed by atoms with Crippen LogP contribution in [0.2, 0.25) is 5.02 Å². The van der Waals surface area contributed by atoms with Gasteiger partial charge in [0.1, 0.15) is 17.6 Å². The number of nitrogens with one attached hydrogen (secondary N) is 1. The summed E-state index contributed by atoms with van der Waals surface area (Å²) >= 11 is 6.06. The van der Waals surface area contributed by atoms with E-state index in [1.807, 2.05) is 49.4 Å². The predicted octanol–water partition coefficient (Wildman–Crippen LogP) is 4.16. The van der Waals surface area contributed by atoms with Crippen LogP contribution in [-0.2, 0) is 0 Å². The molecule has 7 heteroatoms. The maximum atomic E-state index is 6.06. The Kier molecular flexibility index (Phi) is 8.70. The van der Waals surface area contributed by atoms with E-state index in [0.717, 1.165) is 5.69 Å². The van der Waals surface area contributed by atoms with Crippen molar-refractivity contribution in [2.75, 3.05) is 19.0 Å². The van der Waals surface area contributed by atoms with E-state index in [4.69, 9.17) is 26.8 Å². The van der Waals surface area contributed by atoms with E-state index in [9.17, 15) is 0 Å². The third-order valence-electron chi connectivity index (χ3n) is 3.05. The van der Waals surface area contributed by atoms with Crippen molar-refractivity contribution in [1.29, 1.82) is 0 Å². The van der Waals surface area contributed by atoms with Crippen LogP contribution in [0, 0.1) is 0 Å². The smallest absolute Gasteiger partial charge is 0.193 e. The first-order valence-corrected chi connectivity index (χ1v) is 7.59. The summed E-state index contributed by atoms with van der Waals surface area (Å²) in [5.74, 6) is 1.63. The Hall–Kier alpha value is -1.67. The molecule has 3 N–H and O–H groups in total. The van der Waals surface area contributed by atoms with E-state index in [1.54, 1.807) is 13.2 Å². The van der Waals surface area contributed by atoms with Gasteiger partial charge in [0.05, 0.1) is 24.4 Å². The molecule has 0 amide bonds. The van der Waals surface area contributed by atoms with Gasteiger partial charge in [-0.2, -0.15) is 0 Å². The van der Waals surface area contributed by atoms with E-state index in [1.165, 1.54) is 0 Å². The quantitative estimate of drug-likeness (QED) is 0.385. The molecule has 0 saturated carbocycles. The zero-order valence-electron chi connectivity index (χ0n) is 13.5. The summed E-state index contributed by atoms with van der Waals surface area (Å²) in [7, 11) is 1.60. The average molecular weight is 462 g/mol. The van der Waals surface area contributed by atoms with Crippen LogP contribution in [0.1, 0.15) is 6.92 Å². The number of nitrogens with two attached hydrogens (primary N) is 1. The van der Waals surface area contributed by atoms with E-state index in [-0.39, 0.29) is 30.1 Å². The highest BCUT2D eigenvalue weighted by Gasteiger charge is 2.07. The van der Waals surface area contributed by atoms with Gasteiger partial charge in [-0.05, 0) is 31.2 Å². The second-order valence-corrected chi connectivity index (χ2v) is 5.32. The van der Waals surface area contributed by atoms with Gasteiger partial charge in [0.25, 0.3) is 0 Å². The molecular weight excluding hydrogens is 441 g/mol. The van der Waals surface area contributed by atoms with Gasteiger partial charge >= 0.3 is 0 Å². The summed E-state index contributed by atoms with van der Waals surface area (Å²) in [5.41, 5.74) is 6.66. The molecule has 2 rings (SSSR count). The number of rotatable bonds is 6. The van der Waals surface area contributed by atoms with Gasteiger partial charge in [-0.3, -0.25) is 0 Å². The Morgan fingerprint density at radius 1 is 1.17 bits per heavy atom. The summed E-state index contributed by atoms with van der Waals surface area (Å²) < 4.78 is 11.0. The molecule has 0 aliphatic carbocycles. The highest BCUT2D eigenvalue weighted by molar-refractivity contribution is 14.0. The van der Waals surface area contributed by atoms with Crippen LogP contribution in [-0.4, -0.2) is 25.7 Å². The van der Waals surface area contributed by atoms with Crippen molar-refractivity contribution < 1.29 is 9.47 Å². The molecule has 2 aromatic carbocycles. The Balaban J connectivity index is 0.00000288. The second-order valence-electron chi connectivity index (χ2n) is 4.91. The van der Waals surface area contributed by atoms with Crippen LogP contribution >= 0.6 is 35.6 Å². The molecule has 0 heterocycles. The lowest BCUT2D eigenvalue weighted by Crippen LogP contribution is -2.26. The van der Waals surface area contributed by atoms with Crippen LogP contribution in [0.3, 0.4) is 0 Å². The Labute approximate surface area is 164 Å². The fraction of sp³-hybridized carbons (Fsp3) is 0.235. The van der Waals surface area contributed by atoms with E-state index in [0.29, 0.717) is 29.0 Å². The molecule has 24 heavy (non-hydrogen) atoms. The number of methoxy groups -OCH3 is 1. The predicted molar refractivity (Wildman–Crippen MR) is 110 cm³/mol. The number of benzene rings is 2. The lowest BCUT2D eigenvalue weighted by molar-refractivity contribution is 0.230. The number of para-hydroxylation sites is 3. The molecule has 5 nitrogen and oxygen atoms in total. The summed E-state index contributed by atoms with van der Waals surface area (Å²) in [4.78, 5) is 4.28.